The standard InChI is InChI=1S/C14H20O3/c1-4-10(5-2)13(15)14(16)11-7-6-8-12(9-11)17-3/h6-10,13,15H,4-5H2,1-3H3. The maximum atomic E-state index is 12.1. The molecule has 3 heteroatoms. The molecule has 17 heavy (non-hydrogen) atoms. The van der Waals surface area contributed by atoms with E-state index in [1.807, 2.05) is 13.8 Å². The van der Waals surface area contributed by atoms with Crippen LogP contribution in [-0.2, 0) is 0 Å². The molecule has 0 saturated carbocycles. The van der Waals surface area contributed by atoms with Gasteiger partial charge in [-0.1, -0.05) is 38.8 Å². The molecule has 0 spiro atoms. The molecule has 1 aromatic carbocycles. The lowest BCUT2D eigenvalue weighted by atomic mass is 9.91. The normalized spacial score (nSPS) is 12.5. The number of ketones is 1. The summed E-state index contributed by atoms with van der Waals surface area (Å²) in [4.78, 5) is 12.1. The second-order valence-electron chi connectivity index (χ2n) is 4.12. The Morgan fingerprint density at radius 3 is 2.53 bits per heavy atom. The van der Waals surface area contributed by atoms with E-state index >= 15 is 0 Å². The van der Waals surface area contributed by atoms with Gasteiger partial charge in [-0.15, -0.1) is 0 Å². The van der Waals surface area contributed by atoms with Crippen molar-refractivity contribution in [2.75, 3.05) is 7.11 Å². The highest BCUT2D eigenvalue weighted by Crippen LogP contribution is 2.20. The van der Waals surface area contributed by atoms with E-state index in [2.05, 4.69) is 0 Å². The third-order valence-corrected chi connectivity index (χ3v) is 3.12. The number of hydrogen-bond donors (Lipinski definition) is 1. The maximum Gasteiger partial charge on any atom is 0.191 e. The fourth-order valence-corrected chi connectivity index (χ4v) is 1.90. The van der Waals surface area contributed by atoms with Crippen LogP contribution in [-0.4, -0.2) is 24.1 Å². The predicted octanol–water partition coefficient (Wildman–Crippen LogP) is 2.68. The minimum Gasteiger partial charge on any atom is -0.497 e. The fraction of sp³-hybridized carbons (Fsp3) is 0.500. The summed E-state index contributed by atoms with van der Waals surface area (Å²) in [6.07, 6.45) is 0.679. The molecule has 0 bridgehead atoms. The molecule has 94 valence electrons. The summed E-state index contributed by atoms with van der Waals surface area (Å²) in [5.41, 5.74) is 0.503. The largest absolute Gasteiger partial charge is 0.497 e. The molecule has 0 saturated heterocycles. The Kier molecular flexibility index (Phi) is 5.16. The van der Waals surface area contributed by atoms with Gasteiger partial charge in [0.25, 0.3) is 0 Å². The number of aliphatic hydroxyl groups excluding tert-OH is 1. The van der Waals surface area contributed by atoms with E-state index in [1.165, 1.54) is 0 Å². The molecule has 0 aliphatic heterocycles. The highest BCUT2D eigenvalue weighted by Gasteiger charge is 2.24. The number of benzene rings is 1. The molecular formula is C14H20O3. The van der Waals surface area contributed by atoms with Crippen molar-refractivity contribution >= 4 is 5.78 Å². The van der Waals surface area contributed by atoms with Crippen molar-refractivity contribution < 1.29 is 14.6 Å². The maximum absolute atomic E-state index is 12.1. The van der Waals surface area contributed by atoms with Crippen molar-refractivity contribution in [3.05, 3.63) is 29.8 Å². The van der Waals surface area contributed by atoms with Gasteiger partial charge in [0.1, 0.15) is 11.9 Å². The van der Waals surface area contributed by atoms with Gasteiger partial charge in [-0.25, -0.2) is 0 Å². The van der Waals surface area contributed by atoms with Crippen LogP contribution in [0.4, 0.5) is 0 Å². The van der Waals surface area contributed by atoms with Gasteiger partial charge in [0.15, 0.2) is 5.78 Å². The van der Waals surface area contributed by atoms with E-state index in [4.69, 9.17) is 4.74 Å². The zero-order valence-corrected chi connectivity index (χ0v) is 10.6. The van der Waals surface area contributed by atoms with Crippen LogP contribution in [0.25, 0.3) is 0 Å². The van der Waals surface area contributed by atoms with Crippen molar-refractivity contribution in [3.63, 3.8) is 0 Å². The number of methoxy groups -OCH3 is 1. The Bertz CT molecular complexity index is 369. The van der Waals surface area contributed by atoms with Gasteiger partial charge in [0, 0.05) is 5.56 Å². The van der Waals surface area contributed by atoms with E-state index in [0.29, 0.717) is 11.3 Å². The van der Waals surface area contributed by atoms with Crippen LogP contribution in [0.2, 0.25) is 0 Å². The molecule has 3 nitrogen and oxygen atoms in total. The fourth-order valence-electron chi connectivity index (χ4n) is 1.90. The minimum atomic E-state index is -0.919. The molecule has 0 aromatic heterocycles. The third-order valence-electron chi connectivity index (χ3n) is 3.12. The van der Waals surface area contributed by atoms with Crippen LogP contribution in [0.5, 0.6) is 5.75 Å². The quantitative estimate of drug-likeness (QED) is 0.772. The smallest absolute Gasteiger partial charge is 0.191 e. The van der Waals surface area contributed by atoms with Crippen LogP contribution < -0.4 is 4.74 Å². The van der Waals surface area contributed by atoms with Crippen molar-refractivity contribution in [3.8, 4) is 5.75 Å². The summed E-state index contributed by atoms with van der Waals surface area (Å²) in [5, 5.41) is 10.0. The number of rotatable bonds is 6. The number of ether oxygens (including phenoxy) is 1. The predicted molar refractivity (Wildman–Crippen MR) is 67.4 cm³/mol. The van der Waals surface area contributed by atoms with E-state index in [-0.39, 0.29) is 11.7 Å². The minimum absolute atomic E-state index is 0.0219. The zero-order chi connectivity index (χ0) is 12.8. The van der Waals surface area contributed by atoms with E-state index in [9.17, 15) is 9.90 Å². The summed E-state index contributed by atoms with van der Waals surface area (Å²) in [7, 11) is 1.56. The van der Waals surface area contributed by atoms with Crippen molar-refractivity contribution in [1.82, 2.24) is 0 Å². The molecule has 1 aromatic rings. The molecule has 1 atom stereocenters. The molecule has 1 rings (SSSR count). The Balaban J connectivity index is 2.87. The Morgan fingerprint density at radius 2 is 2.00 bits per heavy atom. The second kappa shape index (κ2) is 6.40. The summed E-state index contributed by atoms with van der Waals surface area (Å²) in [6, 6.07) is 6.90. The molecule has 0 amide bonds. The average Bonchev–Trinajstić information content (AvgIpc) is 2.39. The van der Waals surface area contributed by atoms with Gasteiger partial charge >= 0.3 is 0 Å². The van der Waals surface area contributed by atoms with E-state index < -0.39 is 6.10 Å². The lowest BCUT2D eigenvalue weighted by Crippen LogP contribution is -2.29. The highest BCUT2D eigenvalue weighted by molar-refractivity contribution is 5.99. The van der Waals surface area contributed by atoms with Gasteiger partial charge in [0.05, 0.1) is 7.11 Å². The second-order valence-corrected chi connectivity index (χ2v) is 4.12. The van der Waals surface area contributed by atoms with Gasteiger partial charge in [-0.05, 0) is 18.1 Å². The molecule has 1 N–H and O–H groups in total. The first-order valence-corrected chi connectivity index (χ1v) is 6.00. The van der Waals surface area contributed by atoms with Crippen molar-refractivity contribution in [2.45, 2.75) is 32.8 Å². The molecular weight excluding hydrogens is 216 g/mol. The van der Waals surface area contributed by atoms with Gasteiger partial charge in [-0.2, -0.15) is 0 Å². The Morgan fingerprint density at radius 1 is 1.35 bits per heavy atom. The first kappa shape index (κ1) is 13.7. The van der Waals surface area contributed by atoms with Crippen LogP contribution in [0, 0.1) is 5.92 Å². The highest BCUT2D eigenvalue weighted by atomic mass is 16.5. The molecule has 0 aliphatic carbocycles. The first-order valence-electron chi connectivity index (χ1n) is 6.00. The average molecular weight is 236 g/mol. The molecule has 0 heterocycles. The number of aliphatic hydroxyl groups is 1. The third kappa shape index (κ3) is 3.30. The van der Waals surface area contributed by atoms with Crippen LogP contribution >= 0.6 is 0 Å². The molecule has 0 radical (unpaired) electrons. The molecule has 0 aliphatic rings. The number of carbonyl (C=O) groups excluding carboxylic acids is 1. The van der Waals surface area contributed by atoms with Crippen LogP contribution in [0.1, 0.15) is 37.0 Å². The first-order chi connectivity index (χ1) is 8.13. The number of carbonyl (C=O) groups is 1. The Hall–Kier alpha value is -1.35. The van der Waals surface area contributed by atoms with E-state index in [1.54, 1.807) is 31.4 Å². The van der Waals surface area contributed by atoms with Crippen molar-refractivity contribution in [2.24, 2.45) is 5.92 Å². The monoisotopic (exact) mass is 236 g/mol. The number of hydrogen-bond acceptors (Lipinski definition) is 3. The Labute approximate surface area is 102 Å². The molecule has 0 fully saturated rings. The van der Waals surface area contributed by atoms with Crippen molar-refractivity contribution in [1.29, 1.82) is 0 Å². The lowest BCUT2D eigenvalue weighted by molar-refractivity contribution is 0.0588. The SMILES string of the molecule is CCC(CC)C(O)C(=O)c1cccc(OC)c1. The summed E-state index contributed by atoms with van der Waals surface area (Å²) in [6.45, 7) is 3.96. The van der Waals surface area contributed by atoms with Crippen LogP contribution in [0.3, 0.4) is 0 Å². The summed E-state index contributed by atoms with van der Waals surface area (Å²) >= 11 is 0. The summed E-state index contributed by atoms with van der Waals surface area (Å²) in [5.74, 6) is 0.430. The summed E-state index contributed by atoms with van der Waals surface area (Å²) < 4.78 is 5.06. The zero-order valence-electron chi connectivity index (χ0n) is 10.6. The molecule has 1 unspecified atom stereocenters. The van der Waals surface area contributed by atoms with Gasteiger partial charge in [-0.3, -0.25) is 4.79 Å². The van der Waals surface area contributed by atoms with Gasteiger partial charge in [0.2, 0.25) is 0 Å². The van der Waals surface area contributed by atoms with Gasteiger partial charge < -0.3 is 9.84 Å². The van der Waals surface area contributed by atoms with E-state index in [0.717, 1.165) is 12.8 Å². The topological polar surface area (TPSA) is 46.5 Å². The lowest BCUT2D eigenvalue weighted by Gasteiger charge is -2.18. The number of Topliss-reactive ketones (excluding diaryl/α,β-unsaturated/α-hetero) is 1. The van der Waals surface area contributed by atoms with Crippen LogP contribution in [0.15, 0.2) is 24.3 Å².